The van der Waals surface area contributed by atoms with E-state index < -0.39 is 0 Å². The molecule has 0 aromatic heterocycles. The van der Waals surface area contributed by atoms with Gasteiger partial charge in [-0.3, -0.25) is 0 Å². The molecule has 0 aromatic rings. The van der Waals surface area contributed by atoms with Crippen LogP contribution in [0.3, 0.4) is 0 Å². The lowest BCUT2D eigenvalue weighted by Gasteiger charge is -2.23. The highest BCUT2D eigenvalue weighted by Crippen LogP contribution is 2.14. The average molecular weight is 211 g/mol. The Bertz CT molecular complexity index is 176. The molecule has 2 fully saturated rings. The van der Waals surface area contributed by atoms with Crippen molar-refractivity contribution in [2.24, 2.45) is 0 Å². The van der Waals surface area contributed by atoms with Crippen LogP contribution in [0.15, 0.2) is 0 Å². The normalized spacial score (nSPS) is 34.2. The lowest BCUT2D eigenvalue weighted by Crippen LogP contribution is -2.40. The summed E-state index contributed by atoms with van der Waals surface area (Å²) in [7, 11) is 2.26. The van der Waals surface area contributed by atoms with Crippen molar-refractivity contribution in [2.45, 2.75) is 44.2 Å². The summed E-state index contributed by atoms with van der Waals surface area (Å²) in [6.45, 7) is 4.89. The van der Waals surface area contributed by atoms with Crippen LogP contribution in [-0.4, -0.2) is 50.2 Å². The van der Waals surface area contributed by atoms with E-state index in [-0.39, 0.29) is 0 Å². The van der Waals surface area contributed by atoms with Crippen LogP contribution in [0.2, 0.25) is 0 Å². The van der Waals surface area contributed by atoms with E-state index in [0.29, 0.717) is 0 Å². The van der Waals surface area contributed by atoms with Gasteiger partial charge in [-0.1, -0.05) is 0 Å². The van der Waals surface area contributed by atoms with Crippen molar-refractivity contribution in [3.05, 3.63) is 0 Å². The minimum Gasteiger partial charge on any atom is -0.317 e. The fraction of sp³-hybridized carbons (Fsp3) is 1.00. The lowest BCUT2D eigenvalue weighted by atomic mass is 10.1. The van der Waals surface area contributed by atoms with Crippen LogP contribution in [-0.2, 0) is 0 Å². The van der Waals surface area contributed by atoms with Gasteiger partial charge in [0.25, 0.3) is 0 Å². The first-order valence-corrected chi connectivity index (χ1v) is 6.50. The predicted octanol–water partition coefficient (Wildman–Crippen LogP) is 0.812. The summed E-state index contributed by atoms with van der Waals surface area (Å²) < 4.78 is 0. The molecule has 2 aliphatic heterocycles. The largest absolute Gasteiger partial charge is 0.317 e. The molecule has 0 spiro atoms. The number of nitrogens with one attached hydrogen (secondary N) is 2. The first kappa shape index (κ1) is 11.4. The summed E-state index contributed by atoms with van der Waals surface area (Å²) in [4.78, 5) is 2.50. The van der Waals surface area contributed by atoms with Crippen molar-refractivity contribution in [1.82, 2.24) is 15.5 Å². The van der Waals surface area contributed by atoms with Gasteiger partial charge in [-0.15, -0.1) is 0 Å². The summed E-state index contributed by atoms with van der Waals surface area (Å²) in [5, 5.41) is 7.22. The second-order valence-corrected chi connectivity index (χ2v) is 5.06. The van der Waals surface area contributed by atoms with Gasteiger partial charge in [-0.05, 0) is 58.8 Å². The van der Waals surface area contributed by atoms with Crippen molar-refractivity contribution in [3.8, 4) is 0 Å². The molecular weight excluding hydrogens is 186 g/mol. The molecule has 0 amide bonds. The maximum absolute atomic E-state index is 3.75. The van der Waals surface area contributed by atoms with Crippen molar-refractivity contribution in [2.75, 3.05) is 33.2 Å². The molecule has 2 unspecified atom stereocenters. The molecule has 2 rings (SSSR count). The van der Waals surface area contributed by atoms with E-state index in [9.17, 15) is 0 Å². The van der Waals surface area contributed by atoms with E-state index in [1.807, 2.05) is 0 Å². The molecule has 0 bridgehead atoms. The molecule has 2 N–H and O–H groups in total. The Kier molecular flexibility index (Phi) is 4.42. The monoisotopic (exact) mass is 211 g/mol. The summed E-state index contributed by atoms with van der Waals surface area (Å²) >= 11 is 0. The van der Waals surface area contributed by atoms with Crippen LogP contribution in [0.5, 0.6) is 0 Å². The molecule has 2 saturated heterocycles. The van der Waals surface area contributed by atoms with E-state index in [0.717, 1.165) is 12.1 Å². The molecule has 0 saturated carbocycles. The molecule has 2 heterocycles. The molecule has 2 atom stereocenters. The quantitative estimate of drug-likeness (QED) is 0.723. The van der Waals surface area contributed by atoms with E-state index in [2.05, 4.69) is 22.6 Å². The number of likely N-dealkylation sites (N-methyl/N-ethyl adjacent to an activating group) is 1. The molecular formula is C12H25N3. The zero-order valence-electron chi connectivity index (χ0n) is 9.97. The summed E-state index contributed by atoms with van der Waals surface area (Å²) in [6, 6.07) is 1.55. The van der Waals surface area contributed by atoms with Crippen LogP contribution in [0, 0.1) is 0 Å². The van der Waals surface area contributed by atoms with Gasteiger partial charge < -0.3 is 15.5 Å². The van der Waals surface area contributed by atoms with Crippen LogP contribution in [0.4, 0.5) is 0 Å². The molecule has 0 aliphatic carbocycles. The molecule has 3 heteroatoms. The lowest BCUT2D eigenvalue weighted by molar-refractivity contribution is 0.287. The summed E-state index contributed by atoms with van der Waals surface area (Å²) in [6.07, 6.45) is 6.75. The number of likely N-dealkylation sites (tertiary alicyclic amines) is 1. The minimum atomic E-state index is 0.758. The van der Waals surface area contributed by atoms with Gasteiger partial charge in [0.1, 0.15) is 0 Å². The van der Waals surface area contributed by atoms with E-state index in [1.54, 1.807) is 0 Å². The van der Waals surface area contributed by atoms with Gasteiger partial charge in [-0.2, -0.15) is 0 Å². The van der Waals surface area contributed by atoms with Crippen molar-refractivity contribution >= 4 is 0 Å². The third-order valence-corrected chi connectivity index (χ3v) is 3.89. The highest BCUT2D eigenvalue weighted by Gasteiger charge is 2.21. The Morgan fingerprint density at radius 3 is 2.93 bits per heavy atom. The Morgan fingerprint density at radius 1 is 1.20 bits per heavy atom. The van der Waals surface area contributed by atoms with Gasteiger partial charge in [0.15, 0.2) is 0 Å². The first-order chi connectivity index (χ1) is 7.36. The number of rotatable bonds is 3. The molecule has 88 valence electrons. The minimum absolute atomic E-state index is 0.758. The second kappa shape index (κ2) is 5.83. The summed E-state index contributed by atoms with van der Waals surface area (Å²) in [5.41, 5.74) is 0. The van der Waals surface area contributed by atoms with E-state index in [4.69, 9.17) is 0 Å². The number of nitrogens with zero attached hydrogens (tertiary/aromatic N) is 1. The fourth-order valence-corrected chi connectivity index (χ4v) is 2.76. The third kappa shape index (κ3) is 3.44. The SMILES string of the molecule is CN1CCCC1CNC1CCCNCC1. The van der Waals surface area contributed by atoms with Crippen LogP contribution < -0.4 is 10.6 Å². The van der Waals surface area contributed by atoms with E-state index in [1.165, 1.54) is 58.3 Å². The Morgan fingerprint density at radius 2 is 2.13 bits per heavy atom. The average Bonchev–Trinajstić information content (AvgIpc) is 2.53. The van der Waals surface area contributed by atoms with Crippen molar-refractivity contribution in [3.63, 3.8) is 0 Å². The zero-order chi connectivity index (χ0) is 10.5. The Labute approximate surface area is 93.6 Å². The van der Waals surface area contributed by atoms with Gasteiger partial charge >= 0.3 is 0 Å². The molecule has 15 heavy (non-hydrogen) atoms. The highest BCUT2D eigenvalue weighted by atomic mass is 15.2. The standard InChI is InChI=1S/C12H25N3/c1-15-9-3-5-12(15)10-14-11-4-2-7-13-8-6-11/h11-14H,2-10H2,1H3. The Balaban J connectivity index is 1.67. The molecule has 2 aliphatic rings. The predicted molar refractivity (Wildman–Crippen MR) is 64.2 cm³/mol. The van der Waals surface area contributed by atoms with Crippen molar-refractivity contribution in [1.29, 1.82) is 0 Å². The Hall–Kier alpha value is -0.120. The maximum Gasteiger partial charge on any atom is 0.0218 e. The second-order valence-electron chi connectivity index (χ2n) is 5.06. The van der Waals surface area contributed by atoms with Gasteiger partial charge in [0.2, 0.25) is 0 Å². The van der Waals surface area contributed by atoms with Crippen molar-refractivity contribution < 1.29 is 0 Å². The highest BCUT2D eigenvalue weighted by molar-refractivity contribution is 4.81. The number of hydrogen-bond donors (Lipinski definition) is 2. The third-order valence-electron chi connectivity index (χ3n) is 3.89. The number of hydrogen-bond acceptors (Lipinski definition) is 3. The van der Waals surface area contributed by atoms with Gasteiger partial charge in [0, 0.05) is 18.6 Å². The topological polar surface area (TPSA) is 27.3 Å². The van der Waals surface area contributed by atoms with E-state index >= 15 is 0 Å². The maximum atomic E-state index is 3.75. The van der Waals surface area contributed by atoms with Crippen LogP contribution in [0.1, 0.15) is 32.1 Å². The molecule has 0 aromatic carbocycles. The van der Waals surface area contributed by atoms with Gasteiger partial charge in [-0.25, -0.2) is 0 Å². The fourth-order valence-electron chi connectivity index (χ4n) is 2.76. The first-order valence-electron chi connectivity index (χ1n) is 6.50. The smallest absolute Gasteiger partial charge is 0.0218 e. The summed E-state index contributed by atoms with van der Waals surface area (Å²) in [5.74, 6) is 0. The van der Waals surface area contributed by atoms with Crippen LogP contribution >= 0.6 is 0 Å². The van der Waals surface area contributed by atoms with Gasteiger partial charge in [0.05, 0.1) is 0 Å². The van der Waals surface area contributed by atoms with Crippen LogP contribution in [0.25, 0.3) is 0 Å². The molecule has 3 nitrogen and oxygen atoms in total. The zero-order valence-corrected chi connectivity index (χ0v) is 9.97. The molecule has 0 radical (unpaired) electrons.